The van der Waals surface area contributed by atoms with Gasteiger partial charge in [-0.1, -0.05) is 37.3 Å². The SMILES string of the molecule is CC1CCC(c2cccc(NC(=O)c3cccnc3)c2)(N2CCN(c3ccccc3)CC2)CC1. The second-order valence-corrected chi connectivity index (χ2v) is 9.80. The van der Waals surface area contributed by atoms with E-state index >= 15 is 0 Å². The first kappa shape index (κ1) is 22.6. The Morgan fingerprint density at radius 3 is 2.41 bits per heavy atom. The van der Waals surface area contributed by atoms with Gasteiger partial charge in [0.15, 0.2) is 0 Å². The van der Waals surface area contributed by atoms with Gasteiger partial charge in [0.2, 0.25) is 0 Å². The maximum Gasteiger partial charge on any atom is 0.257 e. The summed E-state index contributed by atoms with van der Waals surface area (Å²) in [6.45, 7) is 6.56. The number of carbonyl (C=O) groups excluding carboxylic acids is 1. The van der Waals surface area contributed by atoms with Crippen LogP contribution in [0.2, 0.25) is 0 Å². The maximum atomic E-state index is 12.7. The third-order valence-electron chi connectivity index (χ3n) is 7.69. The lowest BCUT2D eigenvalue weighted by molar-refractivity contribution is 0.0299. The first-order valence-corrected chi connectivity index (χ1v) is 12.5. The van der Waals surface area contributed by atoms with E-state index in [1.165, 1.54) is 36.9 Å². The molecule has 2 aliphatic rings. The molecule has 2 fully saturated rings. The number of aromatic nitrogens is 1. The largest absolute Gasteiger partial charge is 0.369 e. The second kappa shape index (κ2) is 9.98. The minimum atomic E-state index is -0.118. The fourth-order valence-electron chi connectivity index (χ4n) is 5.65. The van der Waals surface area contributed by atoms with Crippen molar-refractivity contribution in [3.05, 3.63) is 90.3 Å². The zero-order valence-electron chi connectivity index (χ0n) is 20.0. The minimum Gasteiger partial charge on any atom is -0.369 e. The highest BCUT2D eigenvalue weighted by atomic mass is 16.1. The Labute approximate surface area is 202 Å². The van der Waals surface area contributed by atoms with Crippen LogP contribution in [0.1, 0.15) is 48.5 Å². The van der Waals surface area contributed by atoms with E-state index in [2.05, 4.69) is 75.6 Å². The van der Waals surface area contributed by atoms with Gasteiger partial charge in [0.25, 0.3) is 5.91 Å². The van der Waals surface area contributed by atoms with Gasteiger partial charge >= 0.3 is 0 Å². The maximum absolute atomic E-state index is 12.7. The van der Waals surface area contributed by atoms with Crippen LogP contribution in [0.25, 0.3) is 0 Å². The van der Waals surface area contributed by atoms with Gasteiger partial charge < -0.3 is 10.2 Å². The number of hydrogen-bond acceptors (Lipinski definition) is 4. The number of nitrogens with one attached hydrogen (secondary N) is 1. The standard InChI is InChI=1S/C29H34N4O/c1-23-12-14-29(15-13-23,33-19-17-32(18-20-33)27-10-3-2-4-11-27)25-8-5-9-26(21-25)31-28(34)24-7-6-16-30-22-24/h2-11,16,21-23H,12-15,17-20H2,1H3,(H,31,34). The van der Waals surface area contributed by atoms with Crippen molar-refractivity contribution in [2.45, 2.75) is 38.1 Å². The molecule has 176 valence electrons. The van der Waals surface area contributed by atoms with Gasteiger partial charge in [0, 0.05) is 55.5 Å². The topological polar surface area (TPSA) is 48.5 Å². The molecule has 0 unspecified atom stereocenters. The first-order chi connectivity index (χ1) is 16.6. The zero-order chi connectivity index (χ0) is 23.4. The number of amides is 1. The molecule has 1 amide bonds. The summed E-state index contributed by atoms with van der Waals surface area (Å²) in [5.41, 5.74) is 4.10. The Hall–Kier alpha value is -3.18. The number of hydrogen-bond donors (Lipinski definition) is 1. The molecule has 0 spiro atoms. The zero-order valence-corrected chi connectivity index (χ0v) is 20.0. The van der Waals surface area contributed by atoms with Crippen LogP contribution in [0.3, 0.4) is 0 Å². The fourth-order valence-corrected chi connectivity index (χ4v) is 5.65. The van der Waals surface area contributed by atoms with Crippen LogP contribution in [-0.2, 0) is 5.54 Å². The predicted octanol–water partition coefficient (Wildman–Crippen LogP) is 5.56. The highest BCUT2D eigenvalue weighted by Gasteiger charge is 2.42. The molecule has 1 saturated carbocycles. The van der Waals surface area contributed by atoms with Gasteiger partial charge in [-0.3, -0.25) is 14.7 Å². The van der Waals surface area contributed by atoms with E-state index in [9.17, 15) is 4.79 Å². The van der Waals surface area contributed by atoms with Gasteiger partial charge in [-0.2, -0.15) is 0 Å². The van der Waals surface area contributed by atoms with Crippen molar-refractivity contribution in [1.82, 2.24) is 9.88 Å². The second-order valence-electron chi connectivity index (χ2n) is 9.80. The van der Waals surface area contributed by atoms with E-state index in [0.29, 0.717) is 5.56 Å². The van der Waals surface area contributed by atoms with E-state index < -0.39 is 0 Å². The number of rotatable bonds is 5. The van der Waals surface area contributed by atoms with E-state index in [1.807, 2.05) is 6.07 Å². The van der Waals surface area contributed by atoms with Crippen LogP contribution < -0.4 is 10.2 Å². The molecule has 34 heavy (non-hydrogen) atoms. The Bertz CT molecular complexity index is 1090. The van der Waals surface area contributed by atoms with Crippen LogP contribution in [0.5, 0.6) is 0 Å². The quantitative estimate of drug-likeness (QED) is 0.548. The average Bonchev–Trinajstić information content (AvgIpc) is 2.91. The predicted molar refractivity (Wildman–Crippen MR) is 138 cm³/mol. The summed E-state index contributed by atoms with van der Waals surface area (Å²) in [5.74, 6) is 0.653. The molecular formula is C29H34N4O. The summed E-state index contributed by atoms with van der Waals surface area (Å²) in [4.78, 5) is 22.0. The normalized spacial score (nSPS) is 23.4. The first-order valence-electron chi connectivity index (χ1n) is 12.5. The number of piperazine rings is 1. The van der Waals surface area contributed by atoms with E-state index in [1.54, 1.807) is 24.5 Å². The Kier molecular flexibility index (Phi) is 6.63. The molecule has 2 aromatic carbocycles. The molecule has 1 aliphatic heterocycles. The molecule has 1 N–H and O–H groups in total. The lowest BCUT2D eigenvalue weighted by Crippen LogP contribution is -2.56. The Balaban J connectivity index is 1.37. The number of nitrogens with zero attached hydrogens (tertiary/aromatic N) is 3. The minimum absolute atomic E-state index is 0.0321. The molecule has 5 heteroatoms. The summed E-state index contributed by atoms with van der Waals surface area (Å²) in [6.07, 6.45) is 8.10. The smallest absolute Gasteiger partial charge is 0.257 e. The van der Waals surface area contributed by atoms with Gasteiger partial charge in [-0.15, -0.1) is 0 Å². The van der Waals surface area contributed by atoms with E-state index in [4.69, 9.17) is 0 Å². The lowest BCUT2D eigenvalue weighted by atomic mass is 9.71. The van der Waals surface area contributed by atoms with Gasteiger partial charge in [-0.25, -0.2) is 0 Å². The van der Waals surface area contributed by atoms with E-state index in [-0.39, 0.29) is 11.4 Å². The average molecular weight is 455 g/mol. The summed E-state index contributed by atoms with van der Waals surface area (Å²) < 4.78 is 0. The molecule has 1 saturated heterocycles. The van der Waals surface area contributed by atoms with Gasteiger partial charge in [0.05, 0.1) is 5.56 Å². The summed E-state index contributed by atoms with van der Waals surface area (Å²) in [6, 6.07) is 22.9. The molecule has 0 bridgehead atoms. The summed E-state index contributed by atoms with van der Waals surface area (Å²) in [5, 5.41) is 3.09. The van der Waals surface area contributed by atoms with Crippen LogP contribution >= 0.6 is 0 Å². The molecule has 1 aliphatic carbocycles. The highest BCUT2D eigenvalue weighted by Crippen LogP contribution is 2.45. The molecule has 0 radical (unpaired) electrons. The number of anilines is 2. The molecule has 5 nitrogen and oxygen atoms in total. The van der Waals surface area contributed by atoms with E-state index in [0.717, 1.165) is 37.8 Å². The van der Waals surface area contributed by atoms with Crippen LogP contribution in [0.15, 0.2) is 79.1 Å². The number of benzene rings is 2. The summed E-state index contributed by atoms with van der Waals surface area (Å²) >= 11 is 0. The van der Waals surface area contributed by atoms with Crippen molar-refractivity contribution < 1.29 is 4.79 Å². The third-order valence-corrected chi connectivity index (χ3v) is 7.69. The van der Waals surface area contributed by atoms with Gasteiger partial charge in [0.1, 0.15) is 0 Å². The van der Waals surface area contributed by atoms with Crippen molar-refractivity contribution in [3.63, 3.8) is 0 Å². The number of carbonyl (C=O) groups is 1. The summed E-state index contributed by atoms with van der Waals surface area (Å²) in [7, 11) is 0. The van der Waals surface area contributed by atoms with Crippen molar-refractivity contribution in [3.8, 4) is 0 Å². The molecule has 5 rings (SSSR count). The molecule has 2 heterocycles. The number of pyridine rings is 1. The van der Waals surface area contributed by atoms with Crippen molar-refractivity contribution in [2.24, 2.45) is 5.92 Å². The molecule has 1 aromatic heterocycles. The molecular weight excluding hydrogens is 420 g/mol. The number of para-hydroxylation sites is 1. The Morgan fingerprint density at radius 1 is 0.941 bits per heavy atom. The third kappa shape index (κ3) is 4.71. The van der Waals surface area contributed by atoms with Crippen LogP contribution in [0, 0.1) is 5.92 Å². The lowest BCUT2D eigenvalue weighted by Gasteiger charge is -2.51. The molecule has 3 aromatic rings. The monoisotopic (exact) mass is 454 g/mol. The van der Waals surface area contributed by atoms with Crippen LogP contribution in [-0.4, -0.2) is 42.0 Å². The fraction of sp³-hybridized carbons (Fsp3) is 0.379. The highest BCUT2D eigenvalue weighted by molar-refractivity contribution is 6.04. The Morgan fingerprint density at radius 2 is 1.71 bits per heavy atom. The van der Waals surface area contributed by atoms with Crippen molar-refractivity contribution >= 4 is 17.3 Å². The van der Waals surface area contributed by atoms with Crippen molar-refractivity contribution in [1.29, 1.82) is 0 Å². The van der Waals surface area contributed by atoms with Gasteiger partial charge in [-0.05, 0) is 73.6 Å². The molecule has 0 atom stereocenters. The van der Waals surface area contributed by atoms with Crippen molar-refractivity contribution in [2.75, 3.05) is 36.4 Å². The van der Waals surface area contributed by atoms with Crippen LogP contribution in [0.4, 0.5) is 11.4 Å².